The van der Waals surface area contributed by atoms with E-state index in [1.165, 1.54) is 0 Å². The number of fused-ring (bicyclic) bond motifs is 1. The first kappa shape index (κ1) is 24.6. The second-order valence-electron chi connectivity index (χ2n) is 10.9. The van der Waals surface area contributed by atoms with Crippen molar-refractivity contribution >= 4 is 17.0 Å². The molecule has 1 saturated carbocycles. The van der Waals surface area contributed by atoms with Gasteiger partial charge in [-0.25, -0.2) is 9.48 Å². The van der Waals surface area contributed by atoms with E-state index in [4.69, 9.17) is 24.3 Å². The van der Waals surface area contributed by atoms with Crippen molar-refractivity contribution in [3.8, 4) is 17.0 Å². The topological polar surface area (TPSA) is 87.5 Å². The molecule has 1 N–H and O–H groups in total. The summed E-state index contributed by atoms with van der Waals surface area (Å²) in [5, 5.41) is 8.84. The maximum atomic E-state index is 12.6. The number of carbonyl (C=O) groups is 1. The Morgan fingerprint density at radius 3 is 2.58 bits per heavy atom. The lowest BCUT2D eigenvalue weighted by atomic mass is 9.89. The van der Waals surface area contributed by atoms with Gasteiger partial charge in [0.2, 0.25) is 0 Å². The van der Waals surface area contributed by atoms with E-state index >= 15 is 0 Å². The summed E-state index contributed by atoms with van der Waals surface area (Å²) < 4.78 is 19.2. The van der Waals surface area contributed by atoms with Gasteiger partial charge in [-0.1, -0.05) is 18.9 Å². The average Bonchev–Trinajstić information content (AvgIpc) is 3.51. The number of benzene rings is 1. The maximum Gasteiger partial charge on any atom is 0.408 e. The number of methoxy groups -OCH3 is 1. The van der Waals surface area contributed by atoms with Crippen LogP contribution in [0, 0.1) is 0 Å². The van der Waals surface area contributed by atoms with Crippen molar-refractivity contribution in [2.45, 2.75) is 83.1 Å². The van der Waals surface area contributed by atoms with Gasteiger partial charge < -0.3 is 19.5 Å². The van der Waals surface area contributed by atoms with Crippen LogP contribution in [0.4, 0.5) is 4.79 Å². The van der Waals surface area contributed by atoms with Gasteiger partial charge in [-0.3, -0.25) is 4.98 Å². The van der Waals surface area contributed by atoms with Crippen molar-refractivity contribution in [2.75, 3.05) is 13.7 Å². The SMILES string of the molecule is COc1c(-c2ccc(C3(NC(=O)OC(C)(C)C)CCCC3)cn2)ccc2nn(C3CCCCO3)cc12. The lowest BCUT2D eigenvalue weighted by Gasteiger charge is -2.32. The molecular formula is C28H36N4O4. The van der Waals surface area contributed by atoms with Crippen molar-refractivity contribution in [2.24, 2.45) is 0 Å². The third-order valence-corrected chi connectivity index (χ3v) is 7.10. The van der Waals surface area contributed by atoms with Gasteiger partial charge in [0, 0.05) is 24.6 Å². The molecule has 1 aromatic carbocycles. The molecule has 8 heteroatoms. The van der Waals surface area contributed by atoms with E-state index in [0.717, 1.165) is 85.0 Å². The van der Waals surface area contributed by atoms with Crippen LogP contribution in [-0.4, -0.2) is 40.2 Å². The first-order chi connectivity index (χ1) is 17.3. The summed E-state index contributed by atoms with van der Waals surface area (Å²) in [5.74, 6) is 0.747. The van der Waals surface area contributed by atoms with Crippen molar-refractivity contribution in [1.29, 1.82) is 0 Å². The average molecular weight is 493 g/mol. The highest BCUT2D eigenvalue weighted by molar-refractivity contribution is 5.92. The van der Waals surface area contributed by atoms with Gasteiger partial charge in [0.25, 0.3) is 0 Å². The summed E-state index contributed by atoms with van der Waals surface area (Å²) in [6.45, 7) is 6.39. The predicted octanol–water partition coefficient (Wildman–Crippen LogP) is 6.10. The zero-order valence-corrected chi connectivity index (χ0v) is 21.7. The normalized spacial score (nSPS) is 19.8. The zero-order chi connectivity index (χ0) is 25.3. The van der Waals surface area contributed by atoms with Crippen LogP contribution in [0.2, 0.25) is 0 Å². The molecule has 1 saturated heterocycles. The molecule has 3 heterocycles. The van der Waals surface area contributed by atoms with E-state index in [9.17, 15) is 4.79 Å². The first-order valence-electron chi connectivity index (χ1n) is 12.9. The molecule has 1 amide bonds. The van der Waals surface area contributed by atoms with Crippen molar-refractivity contribution < 1.29 is 19.0 Å². The van der Waals surface area contributed by atoms with E-state index in [2.05, 4.69) is 11.4 Å². The number of aromatic nitrogens is 3. The van der Waals surface area contributed by atoms with Gasteiger partial charge in [0.1, 0.15) is 17.6 Å². The second kappa shape index (κ2) is 9.73. The van der Waals surface area contributed by atoms with Crippen molar-refractivity contribution in [1.82, 2.24) is 20.1 Å². The lowest BCUT2D eigenvalue weighted by molar-refractivity contribution is -0.0390. The Kier molecular flexibility index (Phi) is 6.64. The Morgan fingerprint density at radius 2 is 1.94 bits per heavy atom. The van der Waals surface area contributed by atoms with Gasteiger partial charge in [-0.2, -0.15) is 5.10 Å². The number of rotatable bonds is 5. The van der Waals surface area contributed by atoms with Gasteiger partial charge in [-0.15, -0.1) is 0 Å². The Labute approximate surface area is 212 Å². The second-order valence-corrected chi connectivity index (χ2v) is 10.9. The van der Waals surface area contributed by atoms with Gasteiger partial charge >= 0.3 is 6.09 Å². The summed E-state index contributed by atoms with van der Waals surface area (Å²) in [7, 11) is 1.68. The Morgan fingerprint density at radius 1 is 1.14 bits per heavy atom. The molecule has 1 atom stereocenters. The molecule has 2 aliphatic rings. The fraction of sp³-hybridized carbons (Fsp3) is 0.536. The molecule has 0 bridgehead atoms. The Hall–Kier alpha value is -3.13. The highest BCUT2D eigenvalue weighted by Gasteiger charge is 2.38. The number of carbonyl (C=O) groups excluding carboxylic acids is 1. The molecule has 0 radical (unpaired) electrons. The molecular weight excluding hydrogens is 456 g/mol. The number of nitrogens with zero attached hydrogens (tertiary/aromatic N) is 3. The molecule has 1 aliphatic carbocycles. The van der Waals surface area contributed by atoms with E-state index in [1.807, 2.05) is 56.0 Å². The number of hydrogen-bond donors (Lipinski definition) is 1. The number of amides is 1. The zero-order valence-electron chi connectivity index (χ0n) is 21.7. The standard InChI is InChI=1S/C28H36N4O4/c1-27(2,3)36-26(33)30-28(14-6-7-15-28)19-10-12-22(29-17-19)20-11-13-23-21(25(20)34-4)18-32(31-23)24-9-5-8-16-35-24/h10-13,17-18,24H,5-9,14-16H2,1-4H3,(H,30,33). The largest absolute Gasteiger partial charge is 0.495 e. The monoisotopic (exact) mass is 492 g/mol. The molecule has 2 fully saturated rings. The van der Waals surface area contributed by atoms with E-state index in [-0.39, 0.29) is 12.3 Å². The van der Waals surface area contributed by atoms with Crippen LogP contribution in [0.5, 0.6) is 5.75 Å². The van der Waals surface area contributed by atoms with Gasteiger partial charge in [-0.05, 0) is 76.6 Å². The minimum absolute atomic E-state index is 0.0308. The molecule has 0 spiro atoms. The predicted molar refractivity (Wildman–Crippen MR) is 138 cm³/mol. The molecule has 192 valence electrons. The molecule has 5 rings (SSSR count). The molecule has 3 aromatic rings. The Bertz CT molecular complexity index is 1220. The fourth-order valence-corrected chi connectivity index (χ4v) is 5.39. The molecule has 1 unspecified atom stereocenters. The number of alkyl carbamates (subject to hydrolysis) is 1. The number of pyridine rings is 1. The van der Waals surface area contributed by atoms with Crippen LogP contribution in [0.25, 0.3) is 22.2 Å². The molecule has 2 aromatic heterocycles. The minimum atomic E-state index is -0.544. The van der Waals surface area contributed by atoms with E-state index in [0.29, 0.717) is 0 Å². The van der Waals surface area contributed by atoms with Crippen LogP contribution in [0.15, 0.2) is 36.7 Å². The number of nitrogens with one attached hydrogen (secondary N) is 1. The summed E-state index contributed by atoms with van der Waals surface area (Å²) in [5.41, 5.74) is 2.58. The molecule has 8 nitrogen and oxygen atoms in total. The summed E-state index contributed by atoms with van der Waals surface area (Å²) in [6.07, 6.45) is 10.5. The summed E-state index contributed by atoms with van der Waals surface area (Å²) in [4.78, 5) is 17.4. The van der Waals surface area contributed by atoms with E-state index < -0.39 is 11.1 Å². The maximum absolute atomic E-state index is 12.6. The van der Waals surface area contributed by atoms with Gasteiger partial charge in [0.05, 0.1) is 29.2 Å². The van der Waals surface area contributed by atoms with Crippen molar-refractivity contribution in [3.05, 3.63) is 42.2 Å². The minimum Gasteiger partial charge on any atom is -0.495 e. The lowest BCUT2D eigenvalue weighted by Crippen LogP contribution is -2.46. The summed E-state index contributed by atoms with van der Waals surface area (Å²) >= 11 is 0. The van der Waals surface area contributed by atoms with Crippen LogP contribution < -0.4 is 10.1 Å². The van der Waals surface area contributed by atoms with Crippen LogP contribution >= 0.6 is 0 Å². The third kappa shape index (κ3) is 4.91. The first-order valence-corrected chi connectivity index (χ1v) is 12.9. The van der Waals surface area contributed by atoms with E-state index in [1.54, 1.807) is 7.11 Å². The van der Waals surface area contributed by atoms with Crippen LogP contribution in [0.3, 0.4) is 0 Å². The number of ether oxygens (including phenoxy) is 3. The quantitative estimate of drug-likeness (QED) is 0.463. The number of hydrogen-bond acceptors (Lipinski definition) is 6. The van der Waals surface area contributed by atoms with Crippen LogP contribution in [0.1, 0.15) is 77.5 Å². The smallest absolute Gasteiger partial charge is 0.408 e. The highest BCUT2D eigenvalue weighted by Crippen LogP contribution is 2.41. The highest BCUT2D eigenvalue weighted by atomic mass is 16.6. The van der Waals surface area contributed by atoms with Crippen molar-refractivity contribution in [3.63, 3.8) is 0 Å². The van der Waals surface area contributed by atoms with Crippen LogP contribution in [-0.2, 0) is 15.0 Å². The molecule has 36 heavy (non-hydrogen) atoms. The molecule has 1 aliphatic heterocycles. The van der Waals surface area contributed by atoms with Gasteiger partial charge in [0.15, 0.2) is 0 Å². The fourth-order valence-electron chi connectivity index (χ4n) is 5.39. The third-order valence-electron chi connectivity index (χ3n) is 7.10. The summed E-state index contributed by atoms with van der Waals surface area (Å²) in [6, 6.07) is 8.08. The Balaban J connectivity index is 1.43.